The maximum absolute atomic E-state index is 11.8. The van der Waals surface area contributed by atoms with E-state index in [0.29, 0.717) is 11.3 Å². The quantitative estimate of drug-likeness (QED) is 0.842. The van der Waals surface area contributed by atoms with Crippen LogP contribution < -0.4 is 4.74 Å². The van der Waals surface area contributed by atoms with Crippen LogP contribution in [0.5, 0.6) is 5.75 Å². The number of rotatable bonds is 3. The molecule has 1 heterocycles. The summed E-state index contributed by atoms with van der Waals surface area (Å²) in [5, 5.41) is 9.70. The van der Waals surface area contributed by atoms with Crippen molar-refractivity contribution in [2.24, 2.45) is 0 Å². The highest BCUT2D eigenvalue weighted by atomic mass is 16.5. The molecule has 0 atom stereocenters. The maximum Gasteiger partial charge on any atom is 0.296 e. The number of aliphatic hydroxyl groups excluding tert-OH is 1. The molecule has 1 aromatic carbocycles. The van der Waals surface area contributed by atoms with Crippen LogP contribution in [0.2, 0.25) is 0 Å². The lowest BCUT2D eigenvalue weighted by Gasteiger charge is -2.10. The second kappa shape index (κ2) is 4.76. The molecular weight excluding hydrogens is 246 g/mol. The third-order valence-corrected chi connectivity index (χ3v) is 2.78. The molecule has 1 aromatic rings. The molecule has 0 spiro atoms. The highest BCUT2D eigenvalue weighted by molar-refractivity contribution is 6.34. The molecule has 1 aliphatic rings. The van der Waals surface area contributed by atoms with E-state index in [9.17, 15) is 14.7 Å². The highest BCUT2D eigenvalue weighted by Gasteiger charge is 2.36. The summed E-state index contributed by atoms with van der Waals surface area (Å²) in [5.41, 5.74) is 0.528. The fourth-order valence-corrected chi connectivity index (χ4v) is 1.86. The molecule has 0 radical (unpaired) electrons. The summed E-state index contributed by atoms with van der Waals surface area (Å²) in [7, 11) is 1.34. The Hall–Kier alpha value is -2.30. The van der Waals surface area contributed by atoms with Crippen LogP contribution in [-0.4, -0.2) is 35.0 Å². The first-order valence-corrected chi connectivity index (χ1v) is 5.94. The Morgan fingerprint density at radius 1 is 1.11 bits per heavy atom. The van der Waals surface area contributed by atoms with E-state index in [4.69, 9.17) is 4.74 Å². The van der Waals surface area contributed by atoms with E-state index >= 15 is 0 Å². The van der Waals surface area contributed by atoms with Crippen molar-refractivity contribution >= 4 is 17.4 Å². The zero-order chi connectivity index (χ0) is 14.2. The number of likely N-dealkylation sites (N-methyl/N-ethyl adjacent to an activating group) is 1. The molecule has 0 saturated heterocycles. The molecule has 0 aromatic heterocycles. The Balaban J connectivity index is 2.33. The number of hydrogen-bond donors (Lipinski definition) is 1. The SMILES string of the molecule is CC(C)Oc1ccc(C2=C(O)C(=O)N(C)C2=O)cc1. The minimum absolute atomic E-state index is 0.0311. The summed E-state index contributed by atoms with van der Waals surface area (Å²) < 4.78 is 5.49. The Morgan fingerprint density at radius 2 is 1.68 bits per heavy atom. The van der Waals surface area contributed by atoms with Crippen LogP contribution in [0.4, 0.5) is 0 Å². The second-order valence-electron chi connectivity index (χ2n) is 4.58. The van der Waals surface area contributed by atoms with Gasteiger partial charge in [-0.1, -0.05) is 12.1 Å². The number of aliphatic hydroxyl groups is 1. The van der Waals surface area contributed by atoms with Crippen LogP contribution in [-0.2, 0) is 9.59 Å². The summed E-state index contributed by atoms with van der Waals surface area (Å²) in [4.78, 5) is 24.2. The molecule has 0 saturated carbocycles. The summed E-state index contributed by atoms with van der Waals surface area (Å²) in [6, 6.07) is 6.69. The van der Waals surface area contributed by atoms with Gasteiger partial charge in [-0.25, -0.2) is 0 Å². The number of carbonyl (C=O) groups excluding carboxylic acids is 2. The van der Waals surface area contributed by atoms with E-state index in [1.54, 1.807) is 24.3 Å². The van der Waals surface area contributed by atoms with E-state index in [2.05, 4.69) is 0 Å². The number of imide groups is 1. The van der Waals surface area contributed by atoms with Crippen LogP contribution in [0.25, 0.3) is 5.57 Å². The van der Waals surface area contributed by atoms with Gasteiger partial charge in [0.2, 0.25) is 0 Å². The van der Waals surface area contributed by atoms with E-state index in [1.807, 2.05) is 13.8 Å². The lowest BCUT2D eigenvalue weighted by atomic mass is 10.1. The fourth-order valence-electron chi connectivity index (χ4n) is 1.86. The van der Waals surface area contributed by atoms with Gasteiger partial charge in [0, 0.05) is 7.05 Å². The van der Waals surface area contributed by atoms with Gasteiger partial charge in [-0.15, -0.1) is 0 Å². The smallest absolute Gasteiger partial charge is 0.296 e. The zero-order valence-electron chi connectivity index (χ0n) is 11.0. The molecule has 5 nitrogen and oxygen atoms in total. The van der Waals surface area contributed by atoms with E-state index in [0.717, 1.165) is 4.90 Å². The third kappa shape index (κ3) is 2.31. The summed E-state index contributed by atoms with van der Waals surface area (Å²) in [6.07, 6.45) is 0.0549. The molecule has 5 heteroatoms. The number of benzene rings is 1. The standard InChI is InChI=1S/C14H15NO4/c1-8(2)19-10-6-4-9(5-7-10)11-12(16)14(18)15(3)13(11)17/h4-8,16H,1-3H3. The van der Waals surface area contributed by atoms with Crippen LogP contribution >= 0.6 is 0 Å². The summed E-state index contributed by atoms with van der Waals surface area (Å²) in [5.74, 6) is -1.02. The topological polar surface area (TPSA) is 66.8 Å². The minimum atomic E-state index is -0.678. The minimum Gasteiger partial charge on any atom is -0.502 e. The fraction of sp³-hybridized carbons (Fsp3) is 0.286. The molecule has 100 valence electrons. The van der Waals surface area contributed by atoms with Crippen LogP contribution in [0.3, 0.4) is 0 Å². The van der Waals surface area contributed by atoms with Crippen molar-refractivity contribution in [2.75, 3.05) is 7.05 Å². The average Bonchev–Trinajstić information content (AvgIpc) is 2.55. The monoisotopic (exact) mass is 261 g/mol. The molecule has 19 heavy (non-hydrogen) atoms. The van der Waals surface area contributed by atoms with Crippen molar-refractivity contribution < 1.29 is 19.4 Å². The van der Waals surface area contributed by atoms with Crippen molar-refractivity contribution in [2.45, 2.75) is 20.0 Å². The average molecular weight is 261 g/mol. The number of nitrogens with zero attached hydrogens (tertiary/aromatic N) is 1. The maximum atomic E-state index is 11.8. The van der Waals surface area contributed by atoms with E-state index < -0.39 is 17.6 Å². The van der Waals surface area contributed by atoms with Gasteiger partial charge in [-0.3, -0.25) is 14.5 Å². The van der Waals surface area contributed by atoms with Crippen molar-refractivity contribution in [1.29, 1.82) is 0 Å². The normalized spacial score (nSPS) is 15.7. The highest BCUT2D eigenvalue weighted by Crippen LogP contribution is 2.28. The number of ether oxygens (including phenoxy) is 1. The first-order chi connectivity index (χ1) is 8.91. The molecule has 1 aliphatic heterocycles. The first-order valence-electron chi connectivity index (χ1n) is 5.94. The zero-order valence-corrected chi connectivity index (χ0v) is 11.0. The van der Waals surface area contributed by atoms with Gasteiger partial charge in [0.25, 0.3) is 11.8 Å². The van der Waals surface area contributed by atoms with Crippen molar-refractivity contribution in [3.63, 3.8) is 0 Å². The van der Waals surface area contributed by atoms with Gasteiger partial charge in [-0.05, 0) is 31.5 Å². The van der Waals surface area contributed by atoms with Crippen molar-refractivity contribution in [3.05, 3.63) is 35.6 Å². The molecular formula is C14H15NO4. The van der Waals surface area contributed by atoms with E-state index in [-0.39, 0.29) is 11.7 Å². The van der Waals surface area contributed by atoms with Crippen LogP contribution in [0, 0.1) is 0 Å². The van der Waals surface area contributed by atoms with Gasteiger partial charge < -0.3 is 9.84 Å². The van der Waals surface area contributed by atoms with E-state index in [1.165, 1.54) is 7.05 Å². The number of hydrogen-bond acceptors (Lipinski definition) is 4. The summed E-state index contributed by atoms with van der Waals surface area (Å²) >= 11 is 0. The van der Waals surface area contributed by atoms with Crippen molar-refractivity contribution in [3.8, 4) is 5.75 Å². The third-order valence-electron chi connectivity index (χ3n) is 2.78. The largest absolute Gasteiger partial charge is 0.502 e. The van der Waals surface area contributed by atoms with Gasteiger partial charge in [0.05, 0.1) is 11.7 Å². The lowest BCUT2D eigenvalue weighted by molar-refractivity contribution is -0.136. The Kier molecular flexibility index (Phi) is 3.29. The Bertz CT molecular complexity index is 557. The molecule has 0 unspecified atom stereocenters. The molecule has 1 N–H and O–H groups in total. The van der Waals surface area contributed by atoms with Gasteiger partial charge in [-0.2, -0.15) is 0 Å². The Morgan fingerprint density at radius 3 is 2.11 bits per heavy atom. The molecule has 2 amide bonds. The Labute approximate surface area is 111 Å². The predicted molar refractivity (Wildman–Crippen MR) is 69.5 cm³/mol. The second-order valence-corrected chi connectivity index (χ2v) is 4.58. The van der Waals surface area contributed by atoms with Gasteiger partial charge in [0.15, 0.2) is 5.76 Å². The van der Waals surface area contributed by atoms with Gasteiger partial charge >= 0.3 is 0 Å². The predicted octanol–water partition coefficient (Wildman–Crippen LogP) is 1.74. The van der Waals surface area contributed by atoms with Gasteiger partial charge in [0.1, 0.15) is 5.75 Å². The van der Waals surface area contributed by atoms with Crippen LogP contribution in [0.1, 0.15) is 19.4 Å². The molecule has 0 fully saturated rings. The van der Waals surface area contributed by atoms with Crippen LogP contribution in [0.15, 0.2) is 30.0 Å². The molecule has 0 bridgehead atoms. The molecule has 0 aliphatic carbocycles. The lowest BCUT2D eigenvalue weighted by Crippen LogP contribution is -2.26. The number of carbonyl (C=O) groups is 2. The number of amides is 2. The first kappa shape index (κ1) is 13.1. The summed E-state index contributed by atoms with van der Waals surface area (Å²) in [6.45, 7) is 3.83. The van der Waals surface area contributed by atoms with Crippen molar-refractivity contribution in [1.82, 2.24) is 4.90 Å². The molecule has 2 rings (SSSR count).